The molecule has 1 aromatic carbocycles. The van der Waals surface area contributed by atoms with E-state index in [0.717, 1.165) is 18.8 Å². The van der Waals surface area contributed by atoms with Gasteiger partial charge < -0.3 is 20.4 Å². The summed E-state index contributed by atoms with van der Waals surface area (Å²) in [5.41, 5.74) is 1.70. The van der Waals surface area contributed by atoms with Gasteiger partial charge in [0.15, 0.2) is 5.13 Å². The van der Waals surface area contributed by atoms with Gasteiger partial charge in [0, 0.05) is 48.7 Å². The van der Waals surface area contributed by atoms with E-state index in [9.17, 15) is 14.4 Å². The molecule has 2 fully saturated rings. The molecule has 158 valence electrons. The van der Waals surface area contributed by atoms with Gasteiger partial charge >= 0.3 is 0 Å². The molecule has 2 aromatic rings. The van der Waals surface area contributed by atoms with Gasteiger partial charge in [-0.05, 0) is 24.6 Å². The van der Waals surface area contributed by atoms with Crippen LogP contribution in [0.1, 0.15) is 18.5 Å². The molecule has 0 spiro atoms. The number of benzene rings is 1. The standard InChI is InChI=1S/C20H22ClN5O3S/c21-13-2-1-3-15(10-13)25-6-8-26(9-7-25)18(28)11-14-12-30-20(22-14)24-19(29)16-4-5-17(27)23-16/h1-3,10,12,16H,4-9,11H2,(H,23,27)(H,22,24,29)/t16-/m0/s1. The number of nitrogens with one attached hydrogen (secondary N) is 2. The first kappa shape index (κ1) is 20.6. The Morgan fingerprint density at radius 3 is 2.77 bits per heavy atom. The number of piperazine rings is 1. The quantitative estimate of drug-likeness (QED) is 0.730. The predicted octanol–water partition coefficient (Wildman–Crippen LogP) is 1.90. The summed E-state index contributed by atoms with van der Waals surface area (Å²) in [7, 11) is 0. The van der Waals surface area contributed by atoms with Gasteiger partial charge in [-0.3, -0.25) is 14.4 Å². The molecular formula is C20H22ClN5O3S. The van der Waals surface area contributed by atoms with Gasteiger partial charge in [0.1, 0.15) is 6.04 Å². The predicted molar refractivity (Wildman–Crippen MR) is 116 cm³/mol. The fourth-order valence-electron chi connectivity index (χ4n) is 3.60. The number of anilines is 2. The smallest absolute Gasteiger partial charge is 0.248 e. The minimum atomic E-state index is -0.512. The molecule has 1 aromatic heterocycles. The van der Waals surface area contributed by atoms with Crippen molar-refractivity contribution in [3.8, 4) is 0 Å². The van der Waals surface area contributed by atoms with Crippen molar-refractivity contribution in [3.05, 3.63) is 40.4 Å². The third kappa shape index (κ3) is 4.91. The molecule has 2 aliphatic rings. The van der Waals surface area contributed by atoms with Gasteiger partial charge in [-0.15, -0.1) is 11.3 Å². The van der Waals surface area contributed by atoms with Crippen LogP contribution in [0, 0.1) is 0 Å². The third-order valence-corrected chi connectivity index (χ3v) is 6.27. The summed E-state index contributed by atoms with van der Waals surface area (Å²) >= 11 is 7.35. The Balaban J connectivity index is 1.27. The first-order chi connectivity index (χ1) is 14.5. The van der Waals surface area contributed by atoms with Gasteiger partial charge in [-0.25, -0.2) is 4.98 Å². The van der Waals surface area contributed by atoms with E-state index in [1.165, 1.54) is 11.3 Å². The highest BCUT2D eigenvalue weighted by Gasteiger charge is 2.28. The van der Waals surface area contributed by atoms with Crippen LogP contribution in [0.2, 0.25) is 5.02 Å². The van der Waals surface area contributed by atoms with Gasteiger partial charge in [0.05, 0.1) is 12.1 Å². The summed E-state index contributed by atoms with van der Waals surface area (Å²) in [5, 5.41) is 8.27. The molecule has 2 saturated heterocycles. The lowest BCUT2D eigenvalue weighted by molar-refractivity contribution is -0.130. The Hall–Kier alpha value is -2.65. The summed E-state index contributed by atoms with van der Waals surface area (Å²) in [6.45, 7) is 2.77. The first-order valence-corrected chi connectivity index (χ1v) is 11.1. The molecule has 1 atom stereocenters. The molecule has 10 heteroatoms. The van der Waals surface area contributed by atoms with Gasteiger partial charge in [0.25, 0.3) is 0 Å². The summed E-state index contributed by atoms with van der Waals surface area (Å²) in [5.74, 6) is -0.367. The van der Waals surface area contributed by atoms with Crippen molar-refractivity contribution < 1.29 is 14.4 Å². The summed E-state index contributed by atoms with van der Waals surface area (Å²) in [6.07, 6.45) is 1.05. The Morgan fingerprint density at radius 2 is 2.07 bits per heavy atom. The minimum Gasteiger partial charge on any atom is -0.368 e. The molecule has 2 aliphatic heterocycles. The highest BCUT2D eigenvalue weighted by molar-refractivity contribution is 7.13. The maximum absolute atomic E-state index is 12.7. The number of amides is 3. The van der Waals surface area contributed by atoms with E-state index in [-0.39, 0.29) is 24.1 Å². The third-order valence-electron chi connectivity index (χ3n) is 5.23. The van der Waals surface area contributed by atoms with Crippen molar-refractivity contribution in [2.75, 3.05) is 36.4 Å². The SMILES string of the molecule is O=C1CC[C@@H](C(=O)Nc2nc(CC(=O)N3CCN(c4cccc(Cl)c4)CC3)cs2)N1. The van der Waals surface area contributed by atoms with Crippen LogP contribution in [0.5, 0.6) is 0 Å². The van der Waals surface area contributed by atoms with Crippen molar-refractivity contribution in [3.63, 3.8) is 0 Å². The second kappa shape index (κ2) is 9.01. The minimum absolute atomic E-state index is 0.0203. The highest BCUT2D eigenvalue weighted by atomic mass is 35.5. The number of nitrogens with zero attached hydrogens (tertiary/aromatic N) is 3. The fraction of sp³-hybridized carbons (Fsp3) is 0.400. The summed E-state index contributed by atoms with van der Waals surface area (Å²) < 4.78 is 0. The van der Waals surface area contributed by atoms with E-state index < -0.39 is 6.04 Å². The van der Waals surface area contributed by atoms with E-state index in [1.54, 1.807) is 5.38 Å². The molecule has 0 saturated carbocycles. The fourth-order valence-corrected chi connectivity index (χ4v) is 4.50. The Kier molecular flexibility index (Phi) is 6.19. The average molecular weight is 448 g/mol. The van der Waals surface area contributed by atoms with E-state index >= 15 is 0 Å². The Bertz CT molecular complexity index is 957. The zero-order chi connectivity index (χ0) is 21.1. The number of rotatable bonds is 5. The van der Waals surface area contributed by atoms with Crippen LogP contribution in [-0.4, -0.2) is 59.8 Å². The van der Waals surface area contributed by atoms with Gasteiger partial charge in [-0.2, -0.15) is 0 Å². The molecule has 0 bridgehead atoms. The topological polar surface area (TPSA) is 94.6 Å². The molecule has 8 nitrogen and oxygen atoms in total. The number of hydrogen-bond acceptors (Lipinski definition) is 6. The van der Waals surface area contributed by atoms with E-state index in [4.69, 9.17) is 11.6 Å². The van der Waals surface area contributed by atoms with Gasteiger partial charge in [-0.1, -0.05) is 17.7 Å². The lowest BCUT2D eigenvalue weighted by Gasteiger charge is -2.36. The van der Waals surface area contributed by atoms with Crippen molar-refractivity contribution in [1.29, 1.82) is 0 Å². The highest BCUT2D eigenvalue weighted by Crippen LogP contribution is 2.22. The second-order valence-electron chi connectivity index (χ2n) is 7.32. The monoisotopic (exact) mass is 447 g/mol. The lowest BCUT2D eigenvalue weighted by Crippen LogP contribution is -2.49. The second-order valence-corrected chi connectivity index (χ2v) is 8.61. The summed E-state index contributed by atoms with van der Waals surface area (Å²) in [6, 6.07) is 7.21. The van der Waals surface area contributed by atoms with Crippen LogP contribution in [0.3, 0.4) is 0 Å². The molecule has 0 radical (unpaired) electrons. The first-order valence-electron chi connectivity index (χ1n) is 9.81. The maximum Gasteiger partial charge on any atom is 0.248 e. The van der Waals surface area contributed by atoms with Crippen LogP contribution in [0.15, 0.2) is 29.6 Å². The Morgan fingerprint density at radius 1 is 1.27 bits per heavy atom. The lowest BCUT2D eigenvalue weighted by atomic mass is 10.2. The zero-order valence-electron chi connectivity index (χ0n) is 16.3. The van der Waals surface area contributed by atoms with Crippen LogP contribution in [-0.2, 0) is 20.8 Å². The molecule has 0 aliphatic carbocycles. The number of carbonyl (C=O) groups excluding carboxylic acids is 3. The average Bonchev–Trinajstić information content (AvgIpc) is 3.37. The molecule has 2 N–H and O–H groups in total. The van der Waals surface area contributed by atoms with Crippen molar-refractivity contribution in [2.45, 2.75) is 25.3 Å². The van der Waals surface area contributed by atoms with Gasteiger partial charge in [0.2, 0.25) is 17.7 Å². The number of aromatic nitrogens is 1. The molecule has 3 amide bonds. The molecule has 4 rings (SSSR count). The summed E-state index contributed by atoms with van der Waals surface area (Å²) in [4.78, 5) is 44.5. The van der Waals surface area contributed by atoms with Crippen LogP contribution >= 0.6 is 22.9 Å². The normalized spacial score (nSPS) is 19.0. The Labute approximate surface area is 183 Å². The largest absolute Gasteiger partial charge is 0.368 e. The number of halogens is 1. The van der Waals surface area contributed by atoms with Crippen molar-refractivity contribution in [1.82, 2.24) is 15.2 Å². The van der Waals surface area contributed by atoms with Crippen LogP contribution in [0.4, 0.5) is 10.8 Å². The molecule has 3 heterocycles. The van der Waals surface area contributed by atoms with E-state index in [2.05, 4.69) is 20.5 Å². The number of hydrogen-bond donors (Lipinski definition) is 2. The maximum atomic E-state index is 12.7. The van der Waals surface area contributed by atoms with Crippen molar-refractivity contribution >= 4 is 51.5 Å². The number of thiazole rings is 1. The van der Waals surface area contributed by atoms with Crippen LogP contribution in [0.25, 0.3) is 0 Å². The number of carbonyl (C=O) groups is 3. The van der Waals surface area contributed by atoms with Crippen molar-refractivity contribution in [2.24, 2.45) is 0 Å². The van der Waals surface area contributed by atoms with Crippen LogP contribution < -0.4 is 15.5 Å². The zero-order valence-corrected chi connectivity index (χ0v) is 17.8. The molecule has 30 heavy (non-hydrogen) atoms. The van der Waals surface area contributed by atoms with E-state index in [1.807, 2.05) is 29.2 Å². The van der Waals surface area contributed by atoms with E-state index in [0.29, 0.717) is 41.8 Å². The molecular weight excluding hydrogens is 426 g/mol. The molecule has 0 unspecified atom stereocenters.